The van der Waals surface area contributed by atoms with Gasteiger partial charge in [0.2, 0.25) is 5.76 Å². The second kappa shape index (κ2) is 9.46. The number of amides is 1. The van der Waals surface area contributed by atoms with Crippen LogP contribution in [0.5, 0.6) is 5.75 Å². The predicted molar refractivity (Wildman–Crippen MR) is 128 cm³/mol. The summed E-state index contributed by atoms with van der Waals surface area (Å²) in [4.78, 5) is 31.1. The fourth-order valence-electron chi connectivity index (χ4n) is 4.39. The molecule has 0 fully saturated rings. The lowest BCUT2D eigenvalue weighted by Crippen LogP contribution is -2.33. The van der Waals surface area contributed by atoms with Crippen molar-refractivity contribution < 1.29 is 13.9 Å². The molecule has 1 aliphatic heterocycles. The maximum atomic E-state index is 13.6. The quantitative estimate of drug-likeness (QED) is 0.444. The third-order valence-electron chi connectivity index (χ3n) is 6.11. The van der Waals surface area contributed by atoms with Crippen LogP contribution in [0.2, 0.25) is 0 Å². The number of halogens is 1. The summed E-state index contributed by atoms with van der Waals surface area (Å²) >= 11 is 3.43. The average molecular weight is 499 g/mol. The molecule has 6 nitrogen and oxygen atoms in total. The molecule has 2 heterocycles. The number of carbonyl (C=O) groups is 1. The van der Waals surface area contributed by atoms with E-state index in [1.54, 1.807) is 30.2 Å². The van der Waals surface area contributed by atoms with E-state index in [0.717, 1.165) is 36.1 Å². The number of rotatable bonds is 8. The van der Waals surface area contributed by atoms with Crippen molar-refractivity contribution in [3.05, 3.63) is 74.0 Å². The van der Waals surface area contributed by atoms with Gasteiger partial charge >= 0.3 is 0 Å². The lowest BCUT2D eigenvalue weighted by Gasteiger charge is -2.27. The summed E-state index contributed by atoms with van der Waals surface area (Å²) in [6.07, 6.45) is 0.807. The molecule has 0 N–H and O–H groups in total. The minimum absolute atomic E-state index is 0.139. The zero-order valence-corrected chi connectivity index (χ0v) is 20.1. The fourth-order valence-corrected chi connectivity index (χ4v) is 4.75. The molecule has 1 aromatic heterocycles. The van der Waals surface area contributed by atoms with E-state index in [0.29, 0.717) is 28.8 Å². The molecule has 1 aliphatic rings. The molecule has 3 aromatic rings. The van der Waals surface area contributed by atoms with Crippen LogP contribution < -0.4 is 10.2 Å². The maximum absolute atomic E-state index is 13.6. The van der Waals surface area contributed by atoms with Crippen LogP contribution in [0.3, 0.4) is 0 Å². The Bertz CT molecular complexity index is 1200. The topological polar surface area (TPSA) is 63.0 Å². The highest BCUT2D eigenvalue weighted by molar-refractivity contribution is 9.10. The first-order chi connectivity index (χ1) is 15.5. The zero-order chi connectivity index (χ0) is 22.8. The number of benzene rings is 2. The van der Waals surface area contributed by atoms with Crippen molar-refractivity contribution in [2.45, 2.75) is 26.3 Å². The van der Waals surface area contributed by atoms with Gasteiger partial charge in [0.1, 0.15) is 11.3 Å². The van der Waals surface area contributed by atoms with Gasteiger partial charge in [0, 0.05) is 11.0 Å². The smallest absolute Gasteiger partial charge is 0.290 e. The van der Waals surface area contributed by atoms with E-state index in [1.165, 1.54) is 0 Å². The van der Waals surface area contributed by atoms with E-state index in [4.69, 9.17) is 9.15 Å². The molecule has 0 radical (unpaired) electrons. The van der Waals surface area contributed by atoms with Crippen molar-refractivity contribution in [1.82, 2.24) is 9.80 Å². The summed E-state index contributed by atoms with van der Waals surface area (Å²) in [5.74, 6) is 0.578. The van der Waals surface area contributed by atoms with Gasteiger partial charge < -0.3 is 19.0 Å². The van der Waals surface area contributed by atoms with Crippen molar-refractivity contribution >= 4 is 32.8 Å². The van der Waals surface area contributed by atoms with Crippen molar-refractivity contribution in [2.24, 2.45) is 0 Å². The van der Waals surface area contributed by atoms with Gasteiger partial charge in [-0.1, -0.05) is 41.9 Å². The molecule has 32 heavy (non-hydrogen) atoms. The Hall–Kier alpha value is -2.64. The molecule has 0 saturated carbocycles. The lowest BCUT2D eigenvalue weighted by molar-refractivity contribution is 0.0720. The molecular weight excluding hydrogens is 472 g/mol. The van der Waals surface area contributed by atoms with E-state index in [-0.39, 0.29) is 17.1 Å². The van der Waals surface area contributed by atoms with Gasteiger partial charge in [0.25, 0.3) is 5.91 Å². The van der Waals surface area contributed by atoms with Crippen molar-refractivity contribution in [3.63, 3.8) is 0 Å². The molecule has 0 bridgehead atoms. The molecule has 0 saturated heterocycles. The molecule has 2 aromatic carbocycles. The fraction of sp³-hybridized carbons (Fsp3) is 0.360. The summed E-state index contributed by atoms with van der Waals surface area (Å²) in [6.45, 7) is 7.60. The normalized spacial score (nSPS) is 15.6. The summed E-state index contributed by atoms with van der Waals surface area (Å²) < 4.78 is 12.2. The van der Waals surface area contributed by atoms with E-state index < -0.39 is 6.04 Å². The molecule has 1 amide bonds. The Balaban J connectivity index is 1.82. The van der Waals surface area contributed by atoms with Gasteiger partial charge in [-0.25, -0.2) is 0 Å². The number of nitrogens with zero attached hydrogens (tertiary/aromatic N) is 2. The second-order valence-corrected chi connectivity index (χ2v) is 8.79. The molecule has 4 rings (SSSR count). The van der Waals surface area contributed by atoms with Crippen LogP contribution in [-0.2, 0) is 0 Å². The monoisotopic (exact) mass is 498 g/mol. The largest absolute Gasteiger partial charge is 0.497 e. The maximum Gasteiger partial charge on any atom is 0.290 e. The van der Waals surface area contributed by atoms with Gasteiger partial charge in [-0.05, 0) is 62.0 Å². The molecule has 7 heteroatoms. The molecule has 1 atom stereocenters. The van der Waals surface area contributed by atoms with E-state index in [1.807, 2.05) is 24.3 Å². The van der Waals surface area contributed by atoms with Crippen LogP contribution >= 0.6 is 15.9 Å². The van der Waals surface area contributed by atoms with Gasteiger partial charge in [-0.15, -0.1) is 0 Å². The van der Waals surface area contributed by atoms with Crippen LogP contribution in [0.1, 0.15) is 48.0 Å². The van der Waals surface area contributed by atoms with Gasteiger partial charge in [-0.2, -0.15) is 0 Å². The van der Waals surface area contributed by atoms with E-state index in [2.05, 4.69) is 34.7 Å². The third kappa shape index (κ3) is 4.07. The first-order valence-corrected chi connectivity index (χ1v) is 11.7. The van der Waals surface area contributed by atoms with Crippen LogP contribution in [0.15, 0.2) is 56.1 Å². The highest BCUT2D eigenvalue weighted by atomic mass is 79.9. The van der Waals surface area contributed by atoms with Crippen molar-refractivity contribution in [3.8, 4) is 5.75 Å². The Kier molecular flexibility index (Phi) is 6.67. The first kappa shape index (κ1) is 22.6. The first-order valence-electron chi connectivity index (χ1n) is 10.9. The molecule has 0 spiro atoms. The lowest BCUT2D eigenvalue weighted by atomic mass is 9.98. The van der Waals surface area contributed by atoms with Crippen molar-refractivity contribution in [1.29, 1.82) is 0 Å². The number of methoxy groups -OCH3 is 1. The molecule has 0 aliphatic carbocycles. The summed E-state index contributed by atoms with van der Waals surface area (Å²) in [7, 11) is 1.61. The van der Waals surface area contributed by atoms with E-state index >= 15 is 0 Å². The second-order valence-electron chi connectivity index (χ2n) is 7.87. The minimum atomic E-state index is -0.510. The highest BCUT2D eigenvalue weighted by Crippen LogP contribution is 2.39. The zero-order valence-electron chi connectivity index (χ0n) is 18.6. The number of carbonyl (C=O) groups excluding carboxylic acids is 1. The summed E-state index contributed by atoms with van der Waals surface area (Å²) in [5, 5.41) is 0.462. The Morgan fingerprint density at radius 3 is 2.62 bits per heavy atom. The standard InChI is InChI=1S/C25H27BrN2O4/c1-4-27(5-2)12-7-13-28-22(16-8-6-9-18(14-16)31-3)21-23(29)19-15-17(26)10-11-20(19)32-24(21)25(28)30/h6,8-11,14-15,22H,4-5,7,12-13H2,1-3H3/t22-/m0/s1. The highest BCUT2D eigenvalue weighted by Gasteiger charge is 2.42. The number of fused-ring (bicyclic) bond motifs is 2. The average Bonchev–Trinajstić information content (AvgIpc) is 3.09. The van der Waals surface area contributed by atoms with Crippen LogP contribution in [-0.4, -0.2) is 49.0 Å². The number of ether oxygens (including phenoxy) is 1. The number of hydrogen-bond donors (Lipinski definition) is 0. The SMILES string of the molecule is CCN(CC)CCCN1C(=O)c2oc3ccc(Br)cc3c(=O)c2[C@@H]1c1cccc(OC)c1. The number of hydrogen-bond acceptors (Lipinski definition) is 5. The van der Waals surface area contributed by atoms with Gasteiger partial charge in [0.05, 0.1) is 24.1 Å². The predicted octanol–water partition coefficient (Wildman–Crippen LogP) is 4.84. The van der Waals surface area contributed by atoms with Crippen LogP contribution in [0.25, 0.3) is 11.0 Å². The Morgan fingerprint density at radius 1 is 1.12 bits per heavy atom. The van der Waals surface area contributed by atoms with Crippen molar-refractivity contribution in [2.75, 3.05) is 33.3 Å². The Labute approximate surface area is 195 Å². The van der Waals surface area contributed by atoms with Crippen LogP contribution in [0.4, 0.5) is 0 Å². The minimum Gasteiger partial charge on any atom is -0.497 e. The molecular formula is C25H27BrN2O4. The third-order valence-corrected chi connectivity index (χ3v) is 6.60. The molecule has 0 unspecified atom stereocenters. The Morgan fingerprint density at radius 2 is 1.91 bits per heavy atom. The van der Waals surface area contributed by atoms with E-state index in [9.17, 15) is 9.59 Å². The van der Waals surface area contributed by atoms with Gasteiger partial charge in [-0.3, -0.25) is 9.59 Å². The van der Waals surface area contributed by atoms with Crippen LogP contribution in [0, 0.1) is 0 Å². The summed E-state index contributed by atoms with van der Waals surface area (Å²) in [6, 6.07) is 12.3. The summed E-state index contributed by atoms with van der Waals surface area (Å²) in [5.41, 5.74) is 1.48. The van der Waals surface area contributed by atoms with Gasteiger partial charge in [0.15, 0.2) is 5.43 Å². The molecule has 168 valence electrons.